The van der Waals surface area contributed by atoms with Crippen molar-refractivity contribution in [3.8, 4) is 6.07 Å². The van der Waals surface area contributed by atoms with Crippen molar-refractivity contribution >= 4 is 0 Å². The van der Waals surface area contributed by atoms with Gasteiger partial charge >= 0.3 is 0 Å². The summed E-state index contributed by atoms with van der Waals surface area (Å²) in [5.74, 6) is 0. The first-order valence-corrected chi connectivity index (χ1v) is 7.25. The Bertz CT molecular complexity index is 455. The minimum absolute atomic E-state index is 0.379. The smallest absolute Gasteiger partial charge is 0.0635 e. The van der Waals surface area contributed by atoms with Crippen molar-refractivity contribution in [3.63, 3.8) is 0 Å². The van der Waals surface area contributed by atoms with Gasteiger partial charge < -0.3 is 10.1 Å². The van der Waals surface area contributed by atoms with Gasteiger partial charge in [0.2, 0.25) is 0 Å². The van der Waals surface area contributed by atoms with Gasteiger partial charge in [0, 0.05) is 39.2 Å². The molecule has 0 aliphatic carbocycles. The highest BCUT2D eigenvalue weighted by atomic mass is 16.5. The quantitative estimate of drug-likeness (QED) is 0.862. The first-order valence-electron chi connectivity index (χ1n) is 7.25. The zero-order chi connectivity index (χ0) is 14.2. The van der Waals surface area contributed by atoms with Crippen molar-refractivity contribution in [1.29, 1.82) is 5.26 Å². The predicted octanol–water partition coefficient (Wildman–Crippen LogP) is 2.08. The van der Waals surface area contributed by atoms with E-state index in [9.17, 15) is 0 Å². The molecule has 0 radical (unpaired) electrons. The minimum Gasteiger partial charge on any atom is -0.383 e. The van der Waals surface area contributed by atoms with E-state index >= 15 is 0 Å². The summed E-state index contributed by atoms with van der Waals surface area (Å²) in [6, 6.07) is 11.3. The normalized spacial score (nSPS) is 18.4. The van der Waals surface area contributed by atoms with Gasteiger partial charge in [-0.3, -0.25) is 4.90 Å². The van der Waals surface area contributed by atoms with Crippen molar-refractivity contribution in [2.75, 3.05) is 33.4 Å². The van der Waals surface area contributed by atoms with Crippen LogP contribution in [-0.4, -0.2) is 38.3 Å². The number of nitrogens with one attached hydrogen (secondary N) is 1. The zero-order valence-electron chi connectivity index (χ0n) is 12.1. The molecule has 0 bridgehead atoms. The third kappa shape index (κ3) is 3.80. The molecule has 0 spiro atoms. The largest absolute Gasteiger partial charge is 0.383 e. The third-order valence-electron chi connectivity index (χ3n) is 3.86. The third-order valence-corrected chi connectivity index (χ3v) is 3.86. The molecule has 0 saturated carbocycles. The number of nitrogens with zero attached hydrogens (tertiary/aromatic N) is 2. The highest BCUT2D eigenvalue weighted by Crippen LogP contribution is 2.29. The summed E-state index contributed by atoms with van der Waals surface area (Å²) in [5.41, 5.74) is 2.76. The summed E-state index contributed by atoms with van der Waals surface area (Å²) in [6.45, 7) is 4.33. The van der Waals surface area contributed by atoms with E-state index in [1.54, 1.807) is 7.11 Å². The van der Waals surface area contributed by atoms with Gasteiger partial charge in [-0.05, 0) is 24.1 Å². The average Bonchev–Trinajstić information content (AvgIpc) is 2.70. The lowest BCUT2D eigenvalue weighted by Crippen LogP contribution is -2.33. The summed E-state index contributed by atoms with van der Waals surface area (Å²) >= 11 is 0. The van der Waals surface area contributed by atoms with E-state index in [1.807, 2.05) is 0 Å². The van der Waals surface area contributed by atoms with Crippen LogP contribution in [0.2, 0.25) is 0 Å². The Balaban J connectivity index is 2.19. The molecule has 0 saturated heterocycles. The molecule has 1 aliphatic heterocycles. The van der Waals surface area contributed by atoms with Gasteiger partial charge in [-0.2, -0.15) is 5.26 Å². The number of methoxy groups -OCH3 is 1. The molecule has 2 rings (SSSR count). The first-order chi connectivity index (χ1) is 9.86. The maximum atomic E-state index is 8.87. The van der Waals surface area contributed by atoms with E-state index in [0.29, 0.717) is 19.1 Å². The average molecular weight is 273 g/mol. The second-order valence-electron chi connectivity index (χ2n) is 5.12. The second-order valence-corrected chi connectivity index (χ2v) is 5.12. The van der Waals surface area contributed by atoms with Crippen LogP contribution in [0.15, 0.2) is 24.3 Å². The van der Waals surface area contributed by atoms with Crippen molar-refractivity contribution in [2.45, 2.75) is 25.4 Å². The maximum Gasteiger partial charge on any atom is 0.0635 e. The molecule has 1 aromatic carbocycles. The van der Waals surface area contributed by atoms with Gasteiger partial charge in [0.1, 0.15) is 0 Å². The Labute approximate surface area is 121 Å². The van der Waals surface area contributed by atoms with E-state index in [1.165, 1.54) is 11.1 Å². The Morgan fingerprint density at radius 3 is 3.05 bits per heavy atom. The van der Waals surface area contributed by atoms with Crippen LogP contribution in [-0.2, 0) is 11.3 Å². The summed E-state index contributed by atoms with van der Waals surface area (Å²) in [4.78, 5) is 2.39. The van der Waals surface area contributed by atoms with Gasteiger partial charge in [-0.15, -0.1) is 0 Å². The van der Waals surface area contributed by atoms with Crippen LogP contribution in [0.1, 0.15) is 30.0 Å². The first kappa shape index (κ1) is 15.0. The van der Waals surface area contributed by atoms with Crippen molar-refractivity contribution in [1.82, 2.24) is 10.2 Å². The topological polar surface area (TPSA) is 48.3 Å². The fourth-order valence-corrected chi connectivity index (χ4v) is 2.84. The maximum absolute atomic E-state index is 8.87. The van der Waals surface area contributed by atoms with Crippen LogP contribution >= 0.6 is 0 Å². The molecular formula is C16H23N3O. The van der Waals surface area contributed by atoms with E-state index in [-0.39, 0.29) is 0 Å². The molecule has 1 N–H and O–H groups in total. The van der Waals surface area contributed by atoms with Crippen molar-refractivity contribution < 1.29 is 4.74 Å². The van der Waals surface area contributed by atoms with Gasteiger partial charge in [0.15, 0.2) is 0 Å². The van der Waals surface area contributed by atoms with E-state index in [2.05, 4.69) is 40.6 Å². The molecule has 0 aromatic heterocycles. The molecule has 1 atom stereocenters. The summed E-state index contributed by atoms with van der Waals surface area (Å²) in [7, 11) is 1.73. The van der Waals surface area contributed by atoms with Crippen LogP contribution in [0.4, 0.5) is 0 Å². The molecule has 20 heavy (non-hydrogen) atoms. The van der Waals surface area contributed by atoms with Gasteiger partial charge in [-0.1, -0.05) is 24.3 Å². The van der Waals surface area contributed by atoms with E-state index in [4.69, 9.17) is 10.00 Å². The van der Waals surface area contributed by atoms with Gasteiger partial charge in [0.25, 0.3) is 0 Å². The van der Waals surface area contributed by atoms with Crippen LogP contribution in [0, 0.1) is 11.3 Å². The van der Waals surface area contributed by atoms with E-state index < -0.39 is 0 Å². The second kappa shape index (κ2) is 8.01. The Kier molecular flexibility index (Phi) is 6.00. The predicted molar refractivity (Wildman–Crippen MR) is 79.2 cm³/mol. The molecule has 4 heteroatoms. The summed E-state index contributed by atoms with van der Waals surface area (Å²) in [5, 5.41) is 12.3. The number of fused-ring (bicyclic) bond motifs is 1. The minimum atomic E-state index is 0.379. The lowest BCUT2D eigenvalue weighted by molar-refractivity contribution is 0.118. The number of hydrogen-bond acceptors (Lipinski definition) is 4. The highest BCUT2D eigenvalue weighted by Gasteiger charge is 2.23. The lowest BCUT2D eigenvalue weighted by Gasteiger charge is -2.31. The van der Waals surface area contributed by atoms with Crippen LogP contribution in [0.5, 0.6) is 0 Å². The van der Waals surface area contributed by atoms with Crippen molar-refractivity contribution in [2.24, 2.45) is 0 Å². The molecule has 1 heterocycles. The molecule has 108 valence electrons. The number of benzene rings is 1. The fraction of sp³-hybridized carbons (Fsp3) is 0.562. The number of hydrogen-bond donors (Lipinski definition) is 1. The molecule has 1 aliphatic rings. The summed E-state index contributed by atoms with van der Waals surface area (Å²) < 4.78 is 5.22. The molecule has 0 fully saturated rings. The lowest BCUT2D eigenvalue weighted by atomic mass is 9.97. The molecule has 1 aromatic rings. The molecular weight excluding hydrogens is 250 g/mol. The molecule has 4 nitrogen and oxygen atoms in total. The van der Waals surface area contributed by atoms with Crippen LogP contribution in [0.25, 0.3) is 0 Å². The number of ether oxygens (including phenoxy) is 1. The number of nitriles is 1. The Morgan fingerprint density at radius 1 is 1.40 bits per heavy atom. The standard InChI is InChI=1S/C16H23N3O/c1-20-12-11-19(10-4-8-17)16-7-9-18-13-14-5-2-3-6-15(14)16/h2-3,5-6,16,18H,4,7,9-13H2,1H3. The van der Waals surface area contributed by atoms with Gasteiger partial charge in [-0.25, -0.2) is 0 Å². The fourth-order valence-electron chi connectivity index (χ4n) is 2.84. The molecule has 1 unspecified atom stereocenters. The van der Waals surface area contributed by atoms with E-state index in [0.717, 1.165) is 32.6 Å². The number of rotatable bonds is 6. The van der Waals surface area contributed by atoms with Crippen molar-refractivity contribution in [3.05, 3.63) is 35.4 Å². The van der Waals surface area contributed by atoms with Crippen LogP contribution in [0.3, 0.4) is 0 Å². The van der Waals surface area contributed by atoms with Crippen LogP contribution < -0.4 is 5.32 Å². The Morgan fingerprint density at radius 2 is 2.25 bits per heavy atom. The van der Waals surface area contributed by atoms with Gasteiger partial charge in [0.05, 0.1) is 12.7 Å². The monoisotopic (exact) mass is 273 g/mol. The SMILES string of the molecule is COCCN(CCC#N)C1CCNCc2ccccc21. The zero-order valence-corrected chi connectivity index (χ0v) is 12.1. The highest BCUT2D eigenvalue weighted by molar-refractivity contribution is 5.31. The summed E-state index contributed by atoms with van der Waals surface area (Å²) in [6.07, 6.45) is 1.64. The molecule has 0 amide bonds. The Hall–Kier alpha value is -1.41.